The first-order valence-electron chi connectivity index (χ1n) is 10.5. The van der Waals surface area contributed by atoms with Crippen molar-refractivity contribution in [2.75, 3.05) is 7.11 Å². The Kier molecular flexibility index (Phi) is 6.92. The SMILES string of the molecule is COc1nc2ccccc2nc1CCC(=O)OCc1ccc(Oc2ccc([N+](=O)[O-])cc2)cc1. The predicted molar refractivity (Wildman–Crippen MR) is 124 cm³/mol. The molecule has 0 aliphatic carbocycles. The summed E-state index contributed by atoms with van der Waals surface area (Å²) in [6.07, 6.45) is 0.493. The van der Waals surface area contributed by atoms with Gasteiger partial charge in [0, 0.05) is 18.6 Å². The maximum Gasteiger partial charge on any atom is 0.306 e. The lowest BCUT2D eigenvalue weighted by Crippen LogP contribution is -2.08. The van der Waals surface area contributed by atoms with Gasteiger partial charge < -0.3 is 14.2 Å². The molecule has 1 aromatic heterocycles. The summed E-state index contributed by atoms with van der Waals surface area (Å²) in [6, 6.07) is 20.3. The Hall–Kier alpha value is -4.53. The molecule has 0 aliphatic heterocycles. The van der Waals surface area contributed by atoms with Crippen LogP contribution >= 0.6 is 0 Å². The van der Waals surface area contributed by atoms with E-state index >= 15 is 0 Å². The van der Waals surface area contributed by atoms with E-state index in [0.29, 0.717) is 29.5 Å². The lowest BCUT2D eigenvalue weighted by molar-refractivity contribution is -0.384. The lowest BCUT2D eigenvalue weighted by Gasteiger charge is -2.09. The van der Waals surface area contributed by atoms with Crippen LogP contribution in [0.3, 0.4) is 0 Å². The smallest absolute Gasteiger partial charge is 0.306 e. The van der Waals surface area contributed by atoms with Gasteiger partial charge >= 0.3 is 5.97 Å². The van der Waals surface area contributed by atoms with Crippen molar-refractivity contribution in [3.63, 3.8) is 0 Å². The van der Waals surface area contributed by atoms with Crippen molar-refractivity contribution in [1.29, 1.82) is 0 Å². The number of benzene rings is 3. The molecule has 0 saturated carbocycles. The number of aromatic nitrogens is 2. The average molecular weight is 459 g/mol. The molecule has 0 bridgehead atoms. The van der Waals surface area contributed by atoms with Crippen LogP contribution in [0.5, 0.6) is 17.4 Å². The summed E-state index contributed by atoms with van der Waals surface area (Å²) in [6.45, 7) is 0.122. The number of esters is 1. The van der Waals surface area contributed by atoms with Gasteiger partial charge in [0.25, 0.3) is 5.69 Å². The number of para-hydroxylation sites is 2. The van der Waals surface area contributed by atoms with Gasteiger partial charge in [-0.15, -0.1) is 0 Å². The number of rotatable bonds is 9. The van der Waals surface area contributed by atoms with Crippen molar-refractivity contribution in [3.8, 4) is 17.4 Å². The molecule has 34 heavy (non-hydrogen) atoms. The molecule has 9 nitrogen and oxygen atoms in total. The van der Waals surface area contributed by atoms with E-state index in [1.165, 1.54) is 31.4 Å². The molecule has 0 atom stereocenters. The fraction of sp³-hybridized carbons (Fsp3) is 0.160. The van der Waals surface area contributed by atoms with Gasteiger partial charge in [0.2, 0.25) is 5.88 Å². The number of aryl methyl sites for hydroxylation is 1. The van der Waals surface area contributed by atoms with E-state index in [2.05, 4.69) is 9.97 Å². The first-order chi connectivity index (χ1) is 16.5. The van der Waals surface area contributed by atoms with Gasteiger partial charge in [-0.3, -0.25) is 14.9 Å². The molecule has 4 rings (SSSR count). The van der Waals surface area contributed by atoms with Crippen LogP contribution in [0.25, 0.3) is 11.0 Å². The van der Waals surface area contributed by atoms with E-state index in [-0.39, 0.29) is 24.7 Å². The zero-order chi connectivity index (χ0) is 23.9. The minimum Gasteiger partial charge on any atom is -0.480 e. The molecule has 4 aromatic rings. The highest BCUT2D eigenvalue weighted by molar-refractivity contribution is 5.75. The molecule has 0 radical (unpaired) electrons. The number of carbonyl (C=O) groups is 1. The molecule has 0 unspecified atom stereocenters. The number of non-ortho nitro benzene ring substituents is 1. The molecular formula is C25H21N3O6. The quantitative estimate of drug-likeness (QED) is 0.195. The number of ether oxygens (including phenoxy) is 3. The summed E-state index contributed by atoms with van der Waals surface area (Å²) in [4.78, 5) is 31.5. The topological polar surface area (TPSA) is 114 Å². The predicted octanol–water partition coefficient (Wildman–Crippen LogP) is 5.01. The van der Waals surface area contributed by atoms with Crippen molar-refractivity contribution >= 4 is 22.7 Å². The number of nitro benzene ring substituents is 1. The van der Waals surface area contributed by atoms with Crippen LogP contribution in [0.15, 0.2) is 72.8 Å². The Balaban J connectivity index is 1.28. The fourth-order valence-corrected chi connectivity index (χ4v) is 3.23. The lowest BCUT2D eigenvalue weighted by atomic mass is 10.2. The highest BCUT2D eigenvalue weighted by Gasteiger charge is 2.12. The number of methoxy groups -OCH3 is 1. The van der Waals surface area contributed by atoms with Gasteiger partial charge in [0.05, 0.1) is 29.5 Å². The normalized spacial score (nSPS) is 10.6. The molecule has 0 saturated heterocycles. The highest BCUT2D eigenvalue weighted by atomic mass is 16.6. The maximum atomic E-state index is 12.3. The third-order valence-electron chi connectivity index (χ3n) is 4.97. The van der Waals surface area contributed by atoms with Crippen LogP contribution < -0.4 is 9.47 Å². The Morgan fingerprint density at radius 2 is 1.53 bits per heavy atom. The van der Waals surface area contributed by atoms with Crippen LogP contribution in [-0.4, -0.2) is 28.0 Å². The van der Waals surface area contributed by atoms with E-state index in [4.69, 9.17) is 14.2 Å². The molecule has 1 heterocycles. The van der Waals surface area contributed by atoms with E-state index in [0.717, 1.165) is 16.6 Å². The molecule has 0 N–H and O–H groups in total. The summed E-state index contributed by atoms with van der Waals surface area (Å²) in [5.74, 6) is 1.08. The summed E-state index contributed by atoms with van der Waals surface area (Å²) in [7, 11) is 1.52. The van der Waals surface area contributed by atoms with E-state index in [9.17, 15) is 14.9 Å². The van der Waals surface area contributed by atoms with Crippen LogP contribution in [0.1, 0.15) is 17.7 Å². The summed E-state index contributed by atoms with van der Waals surface area (Å²) in [5.41, 5.74) is 2.86. The van der Waals surface area contributed by atoms with E-state index in [1.54, 1.807) is 24.3 Å². The largest absolute Gasteiger partial charge is 0.480 e. The molecule has 3 aromatic carbocycles. The third kappa shape index (κ3) is 5.63. The monoisotopic (exact) mass is 459 g/mol. The van der Waals surface area contributed by atoms with Crippen molar-refractivity contribution in [2.24, 2.45) is 0 Å². The number of nitro groups is 1. The molecule has 0 aliphatic rings. The van der Waals surface area contributed by atoms with Crippen LogP contribution in [0.2, 0.25) is 0 Å². The molecule has 9 heteroatoms. The minimum absolute atomic E-state index is 0.00406. The number of fused-ring (bicyclic) bond motifs is 1. The third-order valence-corrected chi connectivity index (χ3v) is 4.97. The van der Waals surface area contributed by atoms with E-state index in [1.807, 2.05) is 24.3 Å². The van der Waals surface area contributed by atoms with Crippen LogP contribution in [0, 0.1) is 10.1 Å². The Morgan fingerprint density at radius 3 is 2.15 bits per heavy atom. The van der Waals surface area contributed by atoms with Crippen LogP contribution in [0.4, 0.5) is 5.69 Å². The average Bonchev–Trinajstić information content (AvgIpc) is 2.86. The van der Waals surface area contributed by atoms with Crippen molar-refractivity contribution in [3.05, 3.63) is 94.2 Å². The second-order valence-corrected chi connectivity index (χ2v) is 7.33. The van der Waals surface area contributed by atoms with E-state index < -0.39 is 4.92 Å². The first kappa shape index (κ1) is 22.7. The number of hydrogen-bond donors (Lipinski definition) is 0. The summed E-state index contributed by atoms with van der Waals surface area (Å²) in [5, 5.41) is 10.7. The minimum atomic E-state index is -0.467. The van der Waals surface area contributed by atoms with Crippen molar-refractivity contribution in [2.45, 2.75) is 19.4 Å². The van der Waals surface area contributed by atoms with Gasteiger partial charge in [-0.05, 0) is 42.0 Å². The standard InChI is InChI=1S/C25H21N3O6/c1-32-25-23(26-21-4-2-3-5-22(21)27-25)14-15-24(29)33-16-17-6-10-19(11-7-17)34-20-12-8-18(9-13-20)28(30)31/h2-13H,14-16H2,1H3. The van der Waals surface area contributed by atoms with Gasteiger partial charge in [-0.25, -0.2) is 9.97 Å². The van der Waals surface area contributed by atoms with Crippen molar-refractivity contribution < 1.29 is 23.9 Å². The van der Waals surface area contributed by atoms with Gasteiger partial charge in [0.15, 0.2) is 0 Å². The number of nitrogens with zero attached hydrogens (tertiary/aromatic N) is 3. The zero-order valence-corrected chi connectivity index (χ0v) is 18.3. The second-order valence-electron chi connectivity index (χ2n) is 7.33. The molecular weight excluding hydrogens is 438 g/mol. The highest BCUT2D eigenvalue weighted by Crippen LogP contribution is 2.24. The Morgan fingerprint density at radius 1 is 0.912 bits per heavy atom. The summed E-state index contributed by atoms with van der Waals surface area (Å²) >= 11 is 0. The Labute approximate surface area is 195 Å². The molecule has 0 spiro atoms. The van der Waals surface area contributed by atoms with Crippen molar-refractivity contribution in [1.82, 2.24) is 9.97 Å². The van der Waals surface area contributed by atoms with Gasteiger partial charge in [-0.1, -0.05) is 24.3 Å². The maximum absolute atomic E-state index is 12.3. The first-order valence-corrected chi connectivity index (χ1v) is 10.5. The fourth-order valence-electron chi connectivity index (χ4n) is 3.23. The van der Waals surface area contributed by atoms with Gasteiger partial charge in [0.1, 0.15) is 23.8 Å². The molecule has 0 fully saturated rings. The zero-order valence-electron chi connectivity index (χ0n) is 18.3. The second kappa shape index (κ2) is 10.4. The Bertz CT molecular complexity index is 1310. The van der Waals surface area contributed by atoms with Crippen LogP contribution in [-0.2, 0) is 22.6 Å². The number of carbonyl (C=O) groups excluding carboxylic acids is 1. The summed E-state index contributed by atoms with van der Waals surface area (Å²) < 4.78 is 16.4. The molecule has 0 amide bonds. The number of hydrogen-bond acceptors (Lipinski definition) is 8. The molecule has 172 valence electrons. The van der Waals surface area contributed by atoms with Gasteiger partial charge in [-0.2, -0.15) is 0 Å².